The van der Waals surface area contributed by atoms with E-state index in [1.807, 2.05) is 34.6 Å². The molecule has 0 saturated carbocycles. The van der Waals surface area contributed by atoms with Gasteiger partial charge in [-0.1, -0.05) is 21.3 Å². The van der Waals surface area contributed by atoms with Crippen LogP contribution in [0.25, 0.3) is 0 Å². The van der Waals surface area contributed by atoms with E-state index < -0.39 is 26.8 Å². The summed E-state index contributed by atoms with van der Waals surface area (Å²) in [6, 6.07) is 10.8. The minimum atomic E-state index is -0.570. The van der Waals surface area contributed by atoms with Gasteiger partial charge in [0.2, 0.25) is 0 Å². The van der Waals surface area contributed by atoms with E-state index in [9.17, 15) is 29.4 Å². The van der Waals surface area contributed by atoms with Crippen LogP contribution in [0.5, 0.6) is 0 Å². The normalized spacial score (nSPS) is 17.1. The Morgan fingerprint density at radius 3 is 1.81 bits per heavy atom. The van der Waals surface area contributed by atoms with Gasteiger partial charge in [0.1, 0.15) is 11.4 Å². The molecule has 0 bridgehead atoms. The zero-order valence-corrected chi connectivity index (χ0v) is 25.7. The minimum absolute atomic E-state index is 0. The summed E-state index contributed by atoms with van der Waals surface area (Å²) in [6.07, 6.45) is 2.43. The second kappa shape index (κ2) is 15.6. The number of halogens is 1. The molecule has 1 N–H and O–H groups in total. The number of anilines is 1. The standard InChI is InChI=1S/C17H25N3O4.C7H15N.C6H4FNO2.CH4/c1-16(2,3)24-15(21)19-11-10-18(12-17(19,4)5)13-6-8-14(9-7-13)20(22)23;1-7(2)4-3-5-8-6-7;7-5-1-3-6(4-2-5)8(9)10;/h6-9H,10-12H2,1-5H3;8H,3-6H2,1-2H3;1-4H;1H4. The Hall–Kier alpha value is -3.80. The molecule has 4 rings (SSSR count). The van der Waals surface area contributed by atoms with Gasteiger partial charge < -0.3 is 15.0 Å². The van der Waals surface area contributed by atoms with Crippen molar-refractivity contribution in [3.63, 3.8) is 0 Å². The molecule has 43 heavy (non-hydrogen) atoms. The molecule has 2 fully saturated rings. The summed E-state index contributed by atoms with van der Waals surface area (Å²) in [5.41, 5.74) is 0.535. The first-order chi connectivity index (χ1) is 19.4. The maximum Gasteiger partial charge on any atom is 0.410 e. The van der Waals surface area contributed by atoms with Crippen molar-refractivity contribution in [2.45, 2.75) is 79.9 Å². The van der Waals surface area contributed by atoms with Gasteiger partial charge in [-0.05, 0) is 83.7 Å². The summed E-state index contributed by atoms with van der Waals surface area (Å²) in [5, 5.41) is 24.1. The van der Waals surface area contributed by atoms with Crippen LogP contribution in [-0.2, 0) is 4.74 Å². The van der Waals surface area contributed by atoms with Gasteiger partial charge in [-0.15, -0.1) is 0 Å². The third-order valence-electron chi connectivity index (χ3n) is 6.79. The van der Waals surface area contributed by atoms with Gasteiger partial charge in [-0.25, -0.2) is 9.18 Å². The lowest BCUT2D eigenvalue weighted by Gasteiger charge is -2.47. The van der Waals surface area contributed by atoms with E-state index in [1.165, 1.54) is 38.1 Å². The Bertz CT molecular complexity index is 1190. The van der Waals surface area contributed by atoms with E-state index in [4.69, 9.17) is 4.74 Å². The van der Waals surface area contributed by atoms with E-state index in [-0.39, 0.29) is 24.9 Å². The number of carbonyl (C=O) groups excluding carboxylic acids is 1. The average molecular weight is 606 g/mol. The second-order valence-corrected chi connectivity index (χ2v) is 12.8. The van der Waals surface area contributed by atoms with Crippen LogP contribution in [0.15, 0.2) is 48.5 Å². The van der Waals surface area contributed by atoms with E-state index in [0.717, 1.165) is 30.0 Å². The molecule has 0 atom stereocenters. The first-order valence-corrected chi connectivity index (χ1v) is 14.0. The highest BCUT2D eigenvalue weighted by atomic mass is 19.1. The SMILES string of the molecule is C.CC(C)(C)OC(=O)N1CCN(c2ccc([N+](=O)[O-])cc2)CC1(C)C.CC1(C)CCCNC1.O=[N+]([O-])c1ccc(F)cc1. The van der Waals surface area contributed by atoms with Crippen LogP contribution in [-0.4, -0.2) is 64.7 Å². The number of carbonyl (C=O) groups is 1. The Morgan fingerprint density at radius 2 is 1.44 bits per heavy atom. The fourth-order valence-corrected chi connectivity index (χ4v) is 4.59. The number of benzene rings is 2. The number of ether oxygens (including phenoxy) is 1. The Morgan fingerprint density at radius 1 is 0.930 bits per heavy atom. The molecule has 11 nitrogen and oxygen atoms in total. The Kier molecular flexibility index (Phi) is 13.5. The third-order valence-corrected chi connectivity index (χ3v) is 6.79. The number of piperazine rings is 1. The zero-order chi connectivity index (χ0) is 31.7. The average Bonchev–Trinajstić information content (AvgIpc) is 2.88. The Labute approximate surface area is 254 Å². The molecule has 0 unspecified atom stereocenters. The van der Waals surface area contributed by atoms with Crippen molar-refractivity contribution in [1.29, 1.82) is 0 Å². The summed E-state index contributed by atoms with van der Waals surface area (Å²) in [4.78, 5) is 36.1. The maximum absolute atomic E-state index is 12.4. The third kappa shape index (κ3) is 12.5. The van der Waals surface area contributed by atoms with Crippen molar-refractivity contribution < 1.29 is 23.8 Å². The number of hydrogen-bond donors (Lipinski definition) is 1. The van der Waals surface area contributed by atoms with Crippen molar-refractivity contribution in [2.75, 3.05) is 37.6 Å². The molecule has 2 aromatic carbocycles. The topological polar surface area (TPSA) is 131 Å². The van der Waals surface area contributed by atoms with Gasteiger partial charge >= 0.3 is 6.09 Å². The summed E-state index contributed by atoms with van der Waals surface area (Å²) in [6.45, 7) is 18.4. The molecule has 2 heterocycles. The zero-order valence-electron chi connectivity index (χ0n) is 25.7. The van der Waals surface area contributed by atoms with Crippen LogP contribution in [0, 0.1) is 31.5 Å². The summed E-state index contributed by atoms with van der Waals surface area (Å²) >= 11 is 0. The first-order valence-electron chi connectivity index (χ1n) is 14.0. The number of nitro groups is 2. The largest absolute Gasteiger partial charge is 0.444 e. The minimum Gasteiger partial charge on any atom is -0.444 e. The number of nitrogens with zero attached hydrogens (tertiary/aromatic N) is 4. The first kappa shape index (κ1) is 37.2. The lowest BCUT2D eigenvalue weighted by Crippen LogP contribution is -2.61. The van der Waals surface area contributed by atoms with Crippen LogP contribution in [0.2, 0.25) is 0 Å². The van der Waals surface area contributed by atoms with E-state index in [1.54, 1.807) is 17.0 Å². The summed E-state index contributed by atoms with van der Waals surface area (Å²) in [5.74, 6) is -0.467. The molecule has 0 aliphatic carbocycles. The van der Waals surface area contributed by atoms with Crippen molar-refractivity contribution >= 4 is 23.2 Å². The van der Waals surface area contributed by atoms with Gasteiger partial charge in [0.25, 0.3) is 11.4 Å². The summed E-state index contributed by atoms with van der Waals surface area (Å²) in [7, 11) is 0. The number of rotatable bonds is 3. The predicted molar refractivity (Wildman–Crippen MR) is 168 cm³/mol. The fraction of sp³-hybridized carbons (Fsp3) is 0.581. The molecule has 12 heteroatoms. The fourth-order valence-electron chi connectivity index (χ4n) is 4.59. The lowest BCUT2D eigenvalue weighted by molar-refractivity contribution is -0.385. The van der Waals surface area contributed by atoms with Gasteiger partial charge in [-0.2, -0.15) is 0 Å². The van der Waals surface area contributed by atoms with Crippen molar-refractivity contribution in [1.82, 2.24) is 10.2 Å². The molecule has 0 spiro atoms. The molecule has 240 valence electrons. The lowest BCUT2D eigenvalue weighted by atomic mass is 9.85. The number of piperidine rings is 1. The van der Waals surface area contributed by atoms with Gasteiger partial charge in [0.05, 0.1) is 15.4 Å². The quantitative estimate of drug-likeness (QED) is 0.287. The molecule has 2 aliphatic rings. The number of nitro benzene ring substituents is 2. The van der Waals surface area contributed by atoms with Crippen LogP contribution >= 0.6 is 0 Å². The monoisotopic (exact) mass is 605 g/mol. The number of amides is 1. The van der Waals surface area contributed by atoms with Crippen LogP contribution in [0.4, 0.5) is 26.2 Å². The van der Waals surface area contributed by atoms with Crippen LogP contribution in [0.3, 0.4) is 0 Å². The van der Waals surface area contributed by atoms with E-state index in [2.05, 4.69) is 24.1 Å². The smallest absolute Gasteiger partial charge is 0.410 e. The molecule has 1 amide bonds. The summed E-state index contributed by atoms with van der Waals surface area (Å²) < 4.78 is 17.6. The molecule has 2 aliphatic heterocycles. The molecule has 2 saturated heterocycles. The highest BCUT2D eigenvalue weighted by molar-refractivity contribution is 5.70. The van der Waals surface area contributed by atoms with Gasteiger partial charge in [0, 0.05) is 56.1 Å². The van der Waals surface area contributed by atoms with Crippen LogP contribution < -0.4 is 10.2 Å². The van der Waals surface area contributed by atoms with Gasteiger partial charge in [0.15, 0.2) is 0 Å². The molecule has 0 aromatic heterocycles. The van der Waals surface area contributed by atoms with Gasteiger partial charge in [-0.3, -0.25) is 25.1 Å². The number of nitrogens with one attached hydrogen (secondary N) is 1. The Balaban J connectivity index is 0.000000397. The van der Waals surface area contributed by atoms with Crippen molar-refractivity contribution in [2.24, 2.45) is 5.41 Å². The maximum atomic E-state index is 12.4. The molecular formula is C31H48FN5O6. The molecule has 2 aromatic rings. The van der Waals surface area contributed by atoms with Crippen molar-refractivity contribution in [3.05, 3.63) is 74.6 Å². The molecule has 0 radical (unpaired) electrons. The van der Waals surface area contributed by atoms with Crippen molar-refractivity contribution in [3.8, 4) is 0 Å². The van der Waals surface area contributed by atoms with Crippen LogP contribution in [0.1, 0.15) is 68.7 Å². The number of non-ortho nitro benzene ring substituents is 2. The van der Waals surface area contributed by atoms with E-state index >= 15 is 0 Å². The number of hydrogen-bond acceptors (Lipinski definition) is 8. The van der Waals surface area contributed by atoms with E-state index in [0.29, 0.717) is 25.0 Å². The predicted octanol–water partition coefficient (Wildman–Crippen LogP) is 7.20. The molecular weight excluding hydrogens is 557 g/mol. The highest BCUT2D eigenvalue weighted by Crippen LogP contribution is 2.28. The second-order valence-electron chi connectivity index (χ2n) is 12.8. The highest BCUT2D eigenvalue weighted by Gasteiger charge is 2.39.